The number of sulfonamides is 1. The summed E-state index contributed by atoms with van der Waals surface area (Å²) in [7, 11) is -3.73. The van der Waals surface area contributed by atoms with Crippen molar-refractivity contribution >= 4 is 15.9 Å². The van der Waals surface area contributed by atoms with Crippen LogP contribution < -0.4 is 15.8 Å². The first-order valence-electron chi connectivity index (χ1n) is 6.66. The van der Waals surface area contributed by atoms with Crippen LogP contribution in [0.5, 0.6) is 0 Å². The van der Waals surface area contributed by atoms with E-state index in [4.69, 9.17) is 9.88 Å². The number of primary sulfonamides is 1. The fourth-order valence-corrected chi connectivity index (χ4v) is 2.65. The number of nitrogens with one attached hydrogen (secondary N) is 2. The van der Waals surface area contributed by atoms with Gasteiger partial charge in [0.1, 0.15) is 0 Å². The van der Waals surface area contributed by atoms with Gasteiger partial charge in [-0.25, -0.2) is 13.6 Å². The van der Waals surface area contributed by atoms with Gasteiger partial charge in [0.15, 0.2) is 0 Å². The maximum Gasteiger partial charge on any atom is 0.238 e. The topological polar surface area (TPSA) is 111 Å². The Bertz CT molecular complexity index is 597. The molecule has 1 aromatic carbocycles. The van der Waals surface area contributed by atoms with E-state index in [2.05, 4.69) is 10.6 Å². The third-order valence-corrected chi connectivity index (χ3v) is 4.05. The van der Waals surface area contributed by atoms with Crippen LogP contribution in [0.3, 0.4) is 0 Å². The van der Waals surface area contributed by atoms with E-state index in [0.717, 1.165) is 6.54 Å². The highest BCUT2D eigenvalue weighted by molar-refractivity contribution is 7.89. The molecule has 0 bridgehead atoms. The molecule has 1 aliphatic rings. The second-order valence-electron chi connectivity index (χ2n) is 4.87. The molecule has 0 radical (unpaired) electrons. The summed E-state index contributed by atoms with van der Waals surface area (Å²) < 4.78 is 28.0. The first kappa shape index (κ1) is 15.9. The highest BCUT2D eigenvalue weighted by atomic mass is 32.2. The SMILES string of the molecule is NS(=O)(=O)c1cccc(CNC(=O)CC2CNCCO2)c1. The molecule has 1 aliphatic heterocycles. The van der Waals surface area contributed by atoms with Crippen molar-refractivity contribution in [2.75, 3.05) is 19.7 Å². The minimum absolute atomic E-state index is 0.0362. The van der Waals surface area contributed by atoms with Gasteiger partial charge in [-0.15, -0.1) is 0 Å². The normalized spacial score (nSPS) is 19.2. The zero-order valence-electron chi connectivity index (χ0n) is 11.5. The van der Waals surface area contributed by atoms with Crippen molar-refractivity contribution in [3.8, 4) is 0 Å². The molecular weight excluding hydrogens is 294 g/mol. The number of rotatable bonds is 5. The smallest absolute Gasteiger partial charge is 0.238 e. The largest absolute Gasteiger partial charge is 0.375 e. The molecule has 1 unspecified atom stereocenters. The lowest BCUT2D eigenvalue weighted by Crippen LogP contribution is -2.41. The number of carbonyl (C=O) groups excluding carboxylic acids is 1. The first-order chi connectivity index (χ1) is 9.95. The summed E-state index contributed by atoms with van der Waals surface area (Å²) in [6, 6.07) is 6.19. The molecule has 2 rings (SSSR count). The number of ether oxygens (including phenoxy) is 1. The summed E-state index contributed by atoms with van der Waals surface area (Å²) in [5.41, 5.74) is 0.678. The number of hydrogen-bond donors (Lipinski definition) is 3. The van der Waals surface area contributed by atoms with Gasteiger partial charge in [0.25, 0.3) is 0 Å². The Morgan fingerprint density at radius 3 is 2.95 bits per heavy atom. The van der Waals surface area contributed by atoms with Gasteiger partial charge in [-0.05, 0) is 17.7 Å². The maximum absolute atomic E-state index is 11.8. The highest BCUT2D eigenvalue weighted by Crippen LogP contribution is 2.10. The number of hydrogen-bond acceptors (Lipinski definition) is 5. The molecule has 1 heterocycles. The third kappa shape index (κ3) is 5.09. The zero-order valence-corrected chi connectivity index (χ0v) is 12.4. The van der Waals surface area contributed by atoms with Gasteiger partial charge in [0, 0.05) is 19.6 Å². The Morgan fingerprint density at radius 2 is 2.29 bits per heavy atom. The Balaban J connectivity index is 1.86. The second-order valence-corrected chi connectivity index (χ2v) is 6.43. The van der Waals surface area contributed by atoms with E-state index in [9.17, 15) is 13.2 Å². The van der Waals surface area contributed by atoms with Gasteiger partial charge in [-0.2, -0.15) is 0 Å². The van der Waals surface area contributed by atoms with Crippen molar-refractivity contribution in [3.05, 3.63) is 29.8 Å². The van der Waals surface area contributed by atoms with Crippen LogP contribution in [0.4, 0.5) is 0 Å². The summed E-state index contributed by atoms with van der Waals surface area (Å²) in [5.74, 6) is -0.135. The van der Waals surface area contributed by atoms with Gasteiger partial charge >= 0.3 is 0 Å². The number of nitrogens with two attached hydrogens (primary N) is 1. The molecular formula is C13H19N3O4S. The van der Waals surface area contributed by atoms with E-state index < -0.39 is 10.0 Å². The first-order valence-corrected chi connectivity index (χ1v) is 8.20. The molecule has 7 nitrogen and oxygen atoms in total. The van der Waals surface area contributed by atoms with Gasteiger partial charge in [-0.3, -0.25) is 4.79 Å². The van der Waals surface area contributed by atoms with Crippen LogP contribution in [-0.2, 0) is 26.1 Å². The van der Waals surface area contributed by atoms with Crippen LogP contribution in [0.2, 0.25) is 0 Å². The lowest BCUT2D eigenvalue weighted by molar-refractivity contribution is -0.124. The molecule has 0 aromatic heterocycles. The summed E-state index contributed by atoms with van der Waals surface area (Å²) in [5, 5.41) is 11.0. The van der Waals surface area contributed by atoms with Crippen LogP contribution in [-0.4, -0.2) is 40.1 Å². The van der Waals surface area contributed by atoms with Crippen LogP contribution in [0.1, 0.15) is 12.0 Å². The van der Waals surface area contributed by atoms with Crippen molar-refractivity contribution in [1.82, 2.24) is 10.6 Å². The Morgan fingerprint density at radius 1 is 1.48 bits per heavy atom. The number of amides is 1. The lowest BCUT2D eigenvalue weighted by Gasteiger charge is -2.23. The van der Waals surface area contributed by atoms with E-state index in [1.54, 1.807) is 12.1 Å². The summed E-state index contributed by atoms with van der Waals surface area (Å²) in [6.45, 7) is 2.32. The maximum atomic E-state index is 11.8. The van der Waals surface area contributed by atoms with E-state index >= 15 is 0 Å². The van der Waals surface area contributed by atoms with Gasteiger partial charge < -0.3 is 15.4 Å². The predicted octanol–water partition coefficient (Wildman–Crippen LogP) is -0.671. The third-order valence-electron chi connectivity index (χ3n) is 3.13. The summed E-state index contributed by atoms with van der Waals surface area (Å²) in [4.78, 5) is 11.8. The average Bonchev–Trinajstić information content (AvgIpc) is 2.46. The Hall–Kier alpha value is -1.48. The fraction of sp³-hybridized carbons (Fsp3) is 0.462. The monoisotopic (exact) mass is 313 g/mol. The molecule has 0 aliphatic carbocycles. The molecule has 21 heavy (non-hydrogen) atoms. The van der Waals surface area contributed by atoms with E-state index in [1.165, 1.54) is 12.1 Å². The molecule has 1 saturated heterocycles. The number of benzene rings is 1. The zero-order chi connectivity index (χ0) is 15.3. The minimum atomic E-state index is -3.73. The van der Waals surface area contributed by atoms with Crippen LogP contribution >= 0.6 is 0 Å². The Kier molecular flexibility index (Phi) is 5.29. The minimum Gasteiger partial charge on any atom is -0.375 e. The van der Waals surface area contributed by atoms with Gasteiger partial charge in [0.2, 0.25) is 15.9 Å². The van der Waals surface area contributed by atoms with Crippen molar-refractivity contribution < 1.29 is 17.9 Å². The molecule has 1 fully saturated rings. The van der Waals surface area contributed by atoms with E-state index in [0.29, 0.717) is 18.7 Å². The van der Waals surface area contributed by atoms with Crippen molar-refractivity contribution in [3.63, 3.8) is 0 Å². The van der Waals surface area contributed by atoms with Crippen LogP contribution in [0.15, 0.2) is 29.2 Å². The van der Waals surface area contributed by atoms with E-state index in [1.807, 2.05) is 0 Å². The van der Waals surface area contributed by atoms with Crippen molar-refractivity contribution in [1.29, 1.82) is 0 Å². The second kappa shape index (κ2) is 6.99. The molecule has 0 saturated carbocycles. The van der Waals surface area contributed by atoms with Gasteiger partial charge in [0.05, 0.1) is 24.0 Å². The standard InChI is InChI=1S/C13H19N3O4S/c14-21(18,19)12-3-1-2-10(6-12)8-16-13(17)7-11-9-15-4-5-20-11/h1-3,6,11,15H,4-5,7-9H2,(H,16,17)(H2,14,18,19). The summed E-state index contributed by atoms with van der Waals surface area (Å²) >= 11 is 0. The molecule has 0 spiro atoms. The lowest BCUT2D eigenvalue weighted by atomic mass is 10.2. The van der Waals surface area contributed by atoms with E-state index in [-0.39, 0.29) is 29.9 Å². The molecule has 116 valence electrons. The predicted molar refractivity (Wildman–Crippen MR) is 76.9 cm³/mol. The van der Waals surface area contributed by atoms with Crippen LogP contribution in [0, 0.1) is 0 Å². The molecule has 1 aromatic rings. The van der Waals surface area contributed by atoms with Crippen molar-refractivity contribution in [2.24, 2.45) is 5.14 Å². The quantitative estimate of drug-likeness (QED) is 0.667. The average molecular weight is 313 g/mol. The molecule has 8 heteroatoms. The highest BCUT2D eigenvalue weighted by Gasteiger charge is 2.17. The van der Waals surface area contributed by atoms with Gasteiger partial charge in [-0.1, -0.05) is 12.1 Å². The number of carbonyl (C=O) groups is 1. The Labute approximate surface area is 123 Å². The number of morpholine rings is 1. The summed E-state index contributed by atoms with van der Waals surface area (Å²) in [6.07, 6.45) is 0.163. The van der Waals surface area contributed by atoms with Crippen molar-refractivity contribution in [2.45, 2.75) is 24.0 Å². The van der Waals surface area contributed by atoms with Crippen LogP contribution in [0.25, 0.3) is 0 Å². The molecule has 4 N–H and O–H groups in total. The molecule has 1 atom stereocenters. The fourth-order valence-electron chi connectivity index (χ4n) is 2.06. The molecule has 1 amide bonds.